The van der Waals surface area contributed by atoms with Crippen LogP contribution in [0.25, 0.3) is 10.4 Å². The summed E-state index contributed by atoms with van der Waals surface area (Å²) < 4.78 is 26.0. The third-order valence-corrected chi connectivity index (χ3v) is 10.6. The molecule has 0 saturated carbocycles. The highest BCUT2D eigenvalue weighted by atomic mass is 32.1. The van der Waals surface area contributed by atoms with Crippen LogP contribution in [0.15, 0.2) is 72.5 Å². The molecule has 0 bridgehead atoms. The summed E-state index contributed by atoms with van der Waals surface area (Å²) in [5.41, 5.74) is 9.18. The number of ether oxygens (including phenoxy) is 2. The van der Waals surface area contributed by atoms with E-state index in [9.17, 15) is 14.4 Å². The summed E-state index contributed by atoms with van der Waals surface area (Å²) in [6.45, 7) is 7.52. The normalized spacial score (nSPS) is 18.2. The number of allylic oxidation sites excluding steroid dienone is 2. The molecule has 6 rings (SSSR count). The molecule has 3 aliphatic rings. The zero-order valence-electron chi connectivity index (χ0n) is 26.6. The average Bonchev–Trinajstić information content (AvgIpc) is 3.30. The topological polar surface area (TPSA) is 114 Å². The van der Waals surface area contributed by atoms with Crippen molar-refractivity contribution in [3.05, 3.63) is 94.3 Å². The second-order valence-electron chi connectivity index (χ2n) is 12.2. The molecule has 246 valence electrons. The first-order valence-corrected chi connectivity index (χ1v) is 16.8. The Bertz CT molecular complexity index is 1720. The Morgan fingerprint density at radius 1 is 1.13 bits per heavy atom. The molecule has 47 heavy (non-hydrogen) atoms. The molecular formula is C36H39FN4O5S. The van der Waals surface area contributed by atoms with Crippen molar-refractivity contribution < 1.29 is 28.2 Å². The number of fused-ring (bicyclic) bond motifs is 3. The number of esters is 1. The summed E-state index contributed by atoms with van der Waals surface area (Å²) in [7, 11) is 0. The minimum absolute atomic E-state index is 0.0522. The molecule has 9 nitrogen and oxygen atoms in total. The summed E-state index contributed by atoms with van der Waals surface area (Å²) in [6, 6.07) is 14.0. The second-order valence-corrected chi connectivity index (χ2v) is 13.2. The van der Waals surface area contributed by atoms with Gasteiger partial charge in [-0.2, -0.15) is 0 Å². The van der Waals surface area contributed by atoms with Gasteiger partial charge in [0.2, 0.25) is 0 Å². The van der Waals surface area contributed by atoms with Gasteiger partial charge in [0.25, 0.3) is 11.8 Å². The number of anilines is 2. The number of carbonyl (C=O) groups is 3. The van der Waals surface area contributed by atoms with E-state index in [-0.39, 0.29) is 47.7 Å². The summed E-state index contributed by atoms with van der Waals surface area (Å²) in [5, 5.41) is 2.98. The van der Waals surface area contributed by atoms with Crippen molar-refractivity contribution in [2.24, 2.45) is 11.1 Å². The molecule has 0 aliphatic carbocycles. The maximum atomic E-state index is 15.4. The molecule has 3 aliphatic heterocycles. The maximum Gasteiger partial charge on any atom is 0.351 e. The highest BCUT2D eigenvalue weighted by molar-refractivity contribution is 7.17. The van der Waals surface area contributed by atoms with E-state index in [1.165, 1.54) is 6.20 Å². The van der Waals surface area contributed by atoms with Crippen LogP contribution in [0.5, 0.6) is 0 Å². The molecule has 2 amide bonds. The van der Waals surface area contributed by atoms with Crippen LogP contribution in [0.4, 0.5) is 15.8 Å². The summed E-state index contributed by atoms with van der Waals surface area (Å²) in [6.07, 6.45) is 7.15. The molecule has 1 atom stereocenters. The zero-order chi connectivity index (χ0) is 33.1. The lowest BCUT2D eigenvalue weighted by atomic mass is 9.72. The fourth-order valence-electron chi connectivity index (χ4n) is 6.70. The predicted molar refractivity (Wildman–Crippen MR) is 181 cm³/mol. The number of hydrogen-bond donors (Lipinski definition) is 2. The minimum Gasteiger partial charge on any atom is -0.462 e. The van der Waals surface area contributed by atoms with Gasteiger partial charge in [0.15, 0.2) is 5.82 Å². The Hall–Kier alpha value is -4.32. The van der Waals surface area contributed by atoms with E-state index in [0.717, 1.165) is 50.5 Å². The molecule has 1 spiro atoms. The van der Waals surface area contributed by atoms with E-state index in [1.807, 2.05) is 31.2 Å². The lowest BCUT2D eigenvalue weighted by molar-refractivity contribution is -0.116. The molecule has 2 aromatic carbocycles. The molecule has 11 heteroatoms. The van der Waals surface area contributed by atoms with Crippen LogP contribution in [0.1, 0.15) is 52.3 Å². The average molecular weight is 659 g/mol. The third kappa shape index (κ3) is 6.47. The standard InChI is InChI=1S/C36H39FN4O5S/c1-3-46-35(44)32-30(37)28-14-18-41(29-9-5-4-7-27(29)31(28)47-32)34(43)24-10-12-25(13-11-24)39-33(42)26(8-6-17-38)23(2)40-21-36(22-40)15-19-45-20-16-36/h4-13,17,23H,3,14-16,18-22,38H2,1-2H3,(H,39,42)/b17-6-,26-8+. The highest BCUT2D eigenvalue weighted by Crippen LogP contribution is 2.44. The number of carbonyl (C=O) groups excluding carboxylic acids is 3. The van der Waals surface area contributed by atoms with Gasteiger partial charge in [-0.15, -0.1) is 11.3 Å². The summed E-state index contributed by atoms with van der Waals surface area (Å²) in [5.74, 6) is -1.76. The van der Waals surface area contributed by atoms with E-state index in [0.29, 0.717) is 38.5 Å². The fourth-order valence-corrected chi connectivity index (χ4v) is 7.85. The van der Waals surface area contributed by atoms with Gasteiger partial charge in [0, 0.05) is 77.1 Å². The van der Waals surface area contributed by atoms with Crippen molar-refractivity contribution in [2.75, 3.05) is 49.7 Å². The van der Waals surface area contributed by atoms with Crippen molar-refractivity contribution in [1.82, 2.24) is 4.90 Å². The molecule has 2 saturated heterocycles. The number of thiophene rings is 1. The molecule has 1 aromatic heterocycles. The van der Waals surface area contributed by atoms with Crippen LogP contribution in [0, 0.1) is 11.2 Å². The van der Waals surface area contributed by atoms with Crippen molar-refractivity contribution >= 4 is 40.5 Å². The number of rotatable bonds is 8. The van der Waals surface area contributed by atoms with E-state index in [2.05, 4.69) is 10.2 Å². The molecule has 0 radical (unpaired) electrons. The van der Waals surface area contributed by atoms with Crippen LogP contribution in [-0.2, 0) is 20.7 Å². The van der Waals surface area contributed by atoms with Gasteiger partial charge in [0.1, 0.15) is 4.88 Å². The predicted octanol–water partition coefficient (Wildman–Crippen LogP) is 5.77. The molecule has 2 fully saturated rings. The van der Waals surface area contributed by atoms with Crippen LogP contribution in [0.3, 0.4) is 0 Å². The molecule has 4 heterocycles. The van der Waals surface area contributed by atoms with Crippen molar-refractivity contribution in [3.63, 3.8) is 0 Å². The fraction of sp³-hybridized carbons (Fsp3) is 0.361. The molecular weight excluding hydrogens is 619 g/mol. The highest BCUT2D eigenvalue weighted by Gasteiger charge is 2.46. The minimum atomic E-state index is -0.683. The van der Waals surface area contributed by atoms with Crippen LogP contribution in [0.2, 0.25) is 0 Å². The first-order chi connectivity index (χ1) is 22.7. The van der Waals surface area contributed by atoms with Crippen molar-refractivity contribution in [3.8, 4) is 10.4 Å². The number of benzene rings is 2. The monoisotopic (exact) mass is 658 g/mol. The maximum absolute atomic E-state index is 15.4. The number of para-hydroxylation sites is 1. The smallest absolute Gasteiger partial charge is 0.351 e. The quantitative estimate of drug-likeness (QED) is 0.179. The Morgan fingerprint density at radius 2 is 1.85 bits per heavy atom. The van der Waals surface area contributed by atoms with E-state index in [4.69, 9.17) is 15.2 Å². The Balaban J connectivity index is 1.17. The Kier molecular flexibility index (Phi) is 9.58. The van der Waals surface area contributed by atoms with Gasteiger partial charge in [-0.05, 0) is 75.7 Å². The lowest BCUT2D eigenvalue weighted by Gasteiger charge is -2.54. The van der Waals surface area contributed by atoms with Gasteiger partial charge in [-0.25, -0.2) is 9.18 Å². The number of nitrogens with zero attached hydrogens (tertiary/aromatic N) is 2. The van der Waals surface area contributed by atoms with Crippen LogP contribution < -0.4 is 16.0 Å². The Morgan fingerprint density at radius 3 is 2.55 bits per heavy atom. The van der Waals surface area contributed by atoms with Gasteiger partial charge in [0.05, 0.1) is 12.3 Å². The number of likely N-dealkylation sites (tertiary alicyclic amines) is 1. The number of hydrogen-bond acceptors (Lipinski definition) is 8. The van der Waals surface area contributed by atoms with Gasteiger partial charge in [-0.3, -0.25) is 14.5 Å². The first kappa shape index (κ1) is 32.6. The lowest BCUT2D eigenvalue weighted by Crippen LogP contribution is -2.61. The SMILES string of the molecule is CCOC(=O)c1sc2c(c1F)CCN(C(=O)c1ccc(NC(=O)/C(=C/C=C\N)C(C)N3CC4(CCOCC4)C3)cc1)c1ccccc1-2. The summed E-state index contributed by atoms with van der Waals surface area (Å²) in [4.78, 5) is 44.3. The zero-order valence-corrected chi connectivity index (χ0v) is 27.4. The largest absolute Gasteiger partial charge is 0.462 e. The molecule has 1 unspecified atom stereocenters. The van der Waals surface area contributed by atoms with Crippen LogP contribution in [-0.4, -0.2) is 68.2 Å². The van der Waals surface area contributed by atoms with E-state index < -0.39 is 11.8 Å². The number of nitrogens with two attached hydrogens (primary N) is 1. The number of halogens is 1. The van der Waals surface area contributed by atoms with Crippen LogP contribution >= 0.6 is 11.3 Å². The van der Waals surface area contributed by atoms with Crippen molar-refractivity contribution in [1.29, 1.82) is 0 Å². The molecule has 3 aromatic rings. The van der Waals surface area contributed by atoms with Gasteiger partial charge >= 0.3 is 5.97 Å². The number of nitrogens with one attached hydrogen (secondary N) is 1. The Labute approximate surface area is 277 Å². The van der Waals surface area contributed by atoms with E-state index >= 15 is 4.39 Å². The van der Waals surface area contributed by atoms with Gasteiger partial charge < -0.3 is 25.4 Å². The summed E-state index contributed by atoms with van der Waals surface area (Å²) >= 11 is 1.05. The number of amides is 2. The van der Waals surface area contributed by atoms with Gasteiger partial charge in [-0.1, -0.05) is 24.3 Å². The first-order valence-electron chi connectivity index (χ1n) is 16.0. The third-order valence-electron chi connectivity index (χ3n) is 9.34. The van der Waals surface area contributed by atoms with Crippen molar-refractivity contribution in [2.45, 2.75) is 39.2 Å². The molecule has 3 N–H and O–H groups in total. The second kappa shape index (κ2) is 13.8. The van der Waals surface area contributed by atoms with E-state index in [1.54, 1.807) is 48.2 Å².